The average molecular weight is 434 g/mol. The predicted octanol–water partition coefficient (Wildman–Crippen LogP) is 6.16. The van der Waals surface area contributed by atoms with E-state index >= 15 is 0 Å². The van der Waals surface area contributed by atoms with Gasteiger partial charge in [0, 0.05) is 0 Å². The molecular weight excluding hydrogens is 398 g/mol. The van der Waals surface area contributed by atoms with Crippen LogP contribution in [0, 0.1) is 6.08 Å². The molecule has 1 radical (unpaired) electrons. The van der Waals surface area contributed by atoms with E-state index in [1.807, 2.05) is 53.7 Å². The van der Waals surface area contributed by atoms with Crippen molar-refractivity contribution < 1.29 is 26.2 Å². The second kappa shape index (κ2) is 32.7. The third-order valence-electron chi connectivity index (χ3n) is 0.586. The van der Waals surface area contributed by atoms with Gasteiger partial charge in [0.2, 0.25) is 0 Å². The second-order valence-electron chi connectivity index (χ2n) is 5.04. The molecular formula is C16H36GeN3Zr. The minimum absolute atomic E-state index is 0. The Morgan fingerprint density at radius 2 is 1.10 bits per heavy atom. The molecule has 0 aromatic rings. The number of hydrogen-bond donors (Lipinski definition) is 0. The smallest absolute Gasteiger partial charge is 4.00 e. The summed E-state index contributed by atoms with van der Waals surface area (Å²) in [5, 5.41) is 0. The van der Waals surface area contributed by atoms with Gasteiger partial charge in [0.05, 0.1) is 0 Å². The van der Waals surface area contributed by atoms with E-state index in [1.165, 1.54) is 0 Å². The maximum absolute atomic E-state index is 6.58. The summed E-state index contributed by atoms with van der Waals surface area (Å²) >= 11 is 0.312. The summed E-state index contributed by atoms with van der Waals surface area (Å²) in [4.78, 5) is 0. The van der Waals surface area contributed by atoms with Gasteiger partial charge in [0.1, 0.15) is 0 Å². The fourth-order valence-corrected chi connectivity index (χ4v) is 0.340. The summed E-state index contributed by atoms with van der Waals surface area (Å²) in [5.41, 5.74) is 19.8. The molecule has 0 atom stereocenters. The van der Waals surface area contributed by atoms with E-state index in [0.717, 1.165) is 6.42 Å². The molecule has 21 heavy (non-hydrogen) atoms. The molecule has 3 N–H and O–H groups in total. The van der Waals surface area contributed by atoms with Crippen LogP contribution in [0.3, 0.4) is 0 Å². The van der Waals surface area contributed by atoms with Gasteiger partial charge in [-0.05, 0) is 0 Å². The molecule has 0 bridgehead atoms. The molecule has 0 saturated heterocycles. The van der Waals surface area contributed by atoms with Crippen molar-refractivity contribution in [2.24, 2.45) is 0 Å². The first kappa shape index (κ1) is 33.4. The zero-order valence-corrected chi connectivity index (χ0v) is 20.1. The van der Waals surface area contributed by atoms with Crippen molar-refractivity contribution in [3.63, 3.8) is 0 Å². The molecule has 0 unspecified atom stereocenters. The fraction of sp³-hybridized carbons (Fsp3) is 0.750. The first-order valence-electron chi connectivity index (χ1n) is 7.20. The Labute approximate surface area is 160 Å². The van der Waals surface area contributed by atoms with E-state index in [-0.39, 0.29) is 44.3 Å². The van der Waals surface area contributed by atoms with E-state index in [2.05, 4.69) is 23.7 Å². The Balaban J connectivity index is -0.0000000508. The van der Waals surface area contributed by atoms with E-state index in [4.69, 9.17) is 17.2 Å². The van der Waals surface area contributed by atoms with Crippen molar-refractivity contribution in [1.29, 1.82) is 0 Å². The van der Waals surface area contributed by atoms with Crippen LogP contribution in [0.1, 0.15) is 48.0 Å². The molecule has 3 nitrogen and oxygen atoms in total. The summed E-state index contributed by atoms with van der Waals surface area (Å²) in [6, 6.07) is 0.250. The number of rotatable bonds is 0. The summed E-state index contributed by atoms with van der Waals surface area (Å²) in [5.74, 6) is 4.56. The van der Waals surface area contributed by atoms with E-state index in [9.17, 15) is 0 Å². The SMILES string of the molecule is CC(C)[NH-].CC(C)[NH-].CC(C)[NH-].[C-]1=CC=CC1.[CH3][GeH][CH3].[Zr+4]. The second-order valence-corrected chi connectivity index (χ2v) is 7.47. The van der Waals surface area contributed by atoms with Gasteiger partial charge in [-0.3, -0.25) is 6.08 Å². The summed E-state index contributed by atoms with van der Waals surface area (Å²) in [6.07, 6.45) is 10.0. The van der Waals surface area contributed by atoms with Crippen molar-refractivity contribution in [3.8, 4) is 0 Å². The van der Waals surface area contributed by atoms with Crippen molar-refractivity contribution in [2.75, 3.05) is 0 Å². The standard InChI is InChI=1S/C5H5.3C3H8N.C2H7Ge.Zr/c1-2-4-5-3-1;3*1-3(2)4;1-3-2;/h1-3H,4H2;3*3-4H,1-2H3;3H,1-2H3;/q4*-1;;+4. The van der Waals surface area contributed by atoms with Crippen LogP contribution in [0.25, 0.3) is 17.2 Å². The monoisotopic (exact) mass is 434 g/mol. The largest absolute Gasteiger partial charge is 4.00 e. The average Bonchev–Trinajstić information content (AvgIpc) is 2.71. The molecule has 0 aliphatic heterocycles. The number of hydrogen-bond acceptors (Lipinski definition) is 0. The van der Waals surface area contributed by atoms with E-state index < -0.39 is 0 Å². The van der Waals surface area contributed by atoms with Crippen molar-refractivity contribution in [3.05, 3.63) is 41.5 Å². The zero-order valence-electron chi connectivity index (χ0n) is 15.2. The molecule has 1 rings (SSSR count). The Kier molecular flexibility index (Phi) is 51.9. The van der Waals surface area contributed by atoms with Crippen LogP contribution < -0.4 is 0 Å². The third-order valence-corrected chi connectivity index (χ3v) is 0.586. The van der Waals surface area contributed by atoms with Crippen LogP contribution in [-0.2, 0) is 26.2 Å². The van der Waals surface area contributed by atoms with Crippen LogP contribution >= 0.6 is 0 Å². The van der Waals surface area contributed by atoms with Gasteiger partial charge in [-0.25, -0.2) is 12.2 Å². The normalized spacial score (nSPS) is 10.2. The Bertz CT molecular complexity index is 161. The molecule has 1 aliphatic rings. The van der Waals surface area contributed by atoms with E-state index in [1.54, 1.807) is 0 Å². The van der Waals surface area contributed by atoms with Crippen LogP contribution in [-0.4, -0.2) is 33.6 Å². The summed E-state index contributed by atoms with van der Waals surface area (Å²) < 4.78 is 0. The van der Waals surface area contributed by atoms with Crippen LogP contribution in [0.4, 0.5) is 0 Å². The van der Waals surface area contributed by atoms with Crippen LogP contribution in [0.2, 0.25) is 11.5 Å². The molecule has 0 amide bonds. The minimum atomic E-state index is 0. The molecule has 5 heteroatoms. The van der Waals surface area contributed by atoms with Gasteiger partial charge in [-0.15, -0.1) is 24.5 Å². The molecule has 0 spiro atoms. The summed E-state index contributed by atoms with van der Waals surface area (Å²) in [7, 11) is 0. The molecule has 1 aliphatic carbocycles. The van der Waals surface area contributed by atoms with Crippen LogP contribution in [0.5, 0.6) is 0 Å². The first-order chi connectivity index (χ1) is 9.11. The van der Waals surface area contributed by atoms with Gasteiger partial charge in [0.15, 0.2) is 0 Å². The Morgan fingerprint density at radius 1 is 0.857 bits per heavy atom. The Hall–Kier alpha value is 0.786. The van der Waals surface area contributed by atoms with Crippen LogP contribution in [0.15, 0.2) is 18.2 Å². The number of nitrogens with one attached hydrogen (secondary N) is 3. The number of allylic oxidation sites excluding steroid dienone is 4. The van der Waals surface area contributed by atoms with Gasteiger partial charge in [0.25, 0.3) is 0 Å². The topological polar surface area (TPSA) is 71.4 Å². The molecule has 123 valence electrons. The molecule has 0 saturated carbocycles. The molecule has 0 aromatic carbocycles. The van der Waals surface area contributed by atoms with Gasteiger partial charge >= 0.3 is 53.1 Å². The van der Waals surface area contributed by atoms with Gasteiger partial charge in [-0.2, -0.15) is 6.08 Å². The van der Waals surface area contributed by atoms with Gasteiger partial charge < -0.3 is 17.2 Å². The molecule has 0 fully saturated rings. The van der Waals surface area contributed by atoms with E-state index in [0.29, 0.717) is 15.4 Å². The minimum Gasteiger partial charge on any atom is 4.00 e. The zero-order chi connectivity index (χ0) is 17.0. The van der Waals surface area contributed by atoms with Gasteiger partial charge in [-0.1, -0.05) is 41.5 Å². The van der Waals surface area contributed by atoms with Crippen molar-refractivity contribution in [1.82, 2.24) is 0 Å². The maximum Gasteiger partial charge on any atom is 4.00 e. The predicted molar refractivity (Wildman–Crippen MR) is 98.8 cm³/mol. The van der Waals surface area contributed by atoms with Crippen molar-refractivity contribution >= 4 is 15.4 Å². The Morgan fingerprint density at radius 3 is 1.14 bits per heavy atom. The maximum atomic E-state index is 6.58. The first-order valence-corrected chi connectivity index (χ1v) is 12.0. The fourth-order valence-electron chi connectivity index (χ4n) is 0.340. The summed E-state index contributed by atoms with van der Waals surface area (Å²) in [6.45, 7) is 11.0. The molecule has 0 heterocycles. The van der Waals surface area contributed by atoms with Crippen molar-refractivity contribution in [2.45, 2.75) is 77.6 Å². The third kappa shape index (κ3) is 219. The molecule has 0 aromatic heterocycles. The quantitative estimate of drug-likeness (QED) is 0.324.